The molecular formula is C15H22BrNO3. The Morgan fingerprint density at radius 1 is 1.35 bits per heavy atom. The van der Waals surface area contributed by atoms with Crippen LogP contribution in [0.5, 0.6) is 5.75 Å². The monoisotopic (exact) mass is 343 g/mol. The lowest BCUT2D eigenvalue weighted by atomic mass is 10.0. The number of hydrogen-bond donors (Lipinski definition) is 1. The average Bonchev–Trinajstić information content (AvgIpc) is 2.43. The SMILES string of the molecule is COC(=O)C(CC(C)C)NCc1cc(OC)ccc1Br. The maximum atomic E-state index is 11.8. The number of hydrogen-bond acceptors (Lipinski definition) is 4. The van der Waals surface area contributed by atoms with Gasteiger partial charge in [-0.25, -0.2) is 0 Å². The highest BCUT2D eigenvalue weighted by molar-refractivity contribution is 9.10. The van der Waals surface area contributed by atoms with E-state index in [1.807, 2.05) is 18.2 Å². The van der Waals surface area contributed by atoms with Crippen molar-refractivity contribution in [3.8, 4) is 5.75 Å². The molecule has 0 radical (unpaired) electrons. The highest BCUT2D eigenvalue weighted by atomic mass is 79.9. The van der Waals surface area contributed by atoms with Crippen molar-refractivity contribution >= 4 is 21.9 Å². The molecule has 0 aliphatic carbocycles. The molecule has 0 saturated carbocycles. The summed E-state index contributed by atoms with van der Waals surface area (Å²) < 4.78 is 11.0. The minimum absolute atomic E-state index is 0.224. The Hall–Kier alpha value is -1.07. The number of esters is 1. The fourth-order valence-corrected chi connectivity index (χ4v) is 2.31. The minimum atomic E-state index is -0.293. The van der Waals surface area contributed by atoms with E-state index in [0.717, 1.165) is 22.2 Å². The van der Waals surface area contributed by atoms with Crippen LogP contribution in [-0.4, -0.2) is 26.2 Å². The number of rotatable bonds is 7. The first-order valence-corrected chi connectivity index (χ1v) is 7.40. The highest BCUT2D eigenvalue weighted by Gasteiger charge is 2.20. The van der Waals surface area contributed by atoms with E-state index in [4.69, 9.17) is 9.47 Å². The zero-order valence-electron chi connectivity index (χ0n) is 12.4. The van der Waals surface area contributed by atoms with Crippen LogP contribution in [0.3, 0.4) is 0 Å². The summed E-state index contributed by atoms with van der Waals surface area (Å²) in [7, 11) is 3.05. The zero-order valence-corrected chi connectivity index (χ0v) is 14.0. The van der Waals surface area contributed by atoms with E-state index in [9.17, 15) is 4.79 Å². The number of nitrogens with one attached hydrogen (secondary N) is 1. The first kappa shape index (κ1) is 17.0. The predicted molar refractivity (Wildman–Crippen MR) is 82.8 cm³/mol. The van der Waals surface area contributed by atoms with Gasteiger partial charge in [-0.3, -0.25) is 4.79 Å². The number of ether oxygens (including phenoxy) is 2. The number of carbonyl (C=O) groups is 1. The second-order valence-corrected chi connectivity index (χ2v) is 5.90. The number of benzene rings is 1. The second kappa shape index (κ2) is 8.27. The third kappa shape index (κ3) is 5.13. The maximum absolute atomic E-state index is 11.8. The molecule has 1 N–H and O–H groups in total. The van der Waals surface area contributed by atoms with E-state index >= 15 is 0 Å². The molecule has 0 bridgehead atoms. The molecule has 0 fully saturated rings. The smallest absolute Gasteiger partial charge is 0.322 e. The third-order valence-corrected chi connectivity index (χ3v) is 3.76. The van der Waals surface area contributed by atoms with Gasteiger partial charge in [-0.2, -0.15) is 0 Å². The van der Waals surface area contributed by atoms with E-state index in [1.54, 1.807) is 7.11 Å². The van der Waals surface area contributed by atoms with Gasteiger partial charge in [0.2, 0.25) is 0 Å². The standard InChI is InChI=1S/C15H22BrNO3/c1-10(2)7-14(15(18)20-4)17-9-11-8-12(19-3)5-6-13(11)16/h5-6,8,10,14,17H,7,9H2,1-4H3. The molecule has 0 spiro atoms. The van der Waals surface area contributed by atoms with Crippen LogP contribution in [0.15, 0.2) is 22.7 Å². The van der Waals surface area contributed by atoms with Gasteiger partial charge < -0.3 is 14.8 Å². The van der Waals surface area contributed by atoms with E-state index in [-0.39, 0.29) is 12.0 Å². The van der Waals surface area contributed by atoms with Crippen molar-refractivity contribution < 1.29 is 14.3 Å². The van der Waals surface area contributed by atoms with Crippen LogP contribution in [0.1, 0.15) is 25.8 Å². The zero-order chi connectivity index (χ0) is 15.1. The van der Waals surface area contributed by atoms with Crippen LogP contribution in [0.2, 0.25) is 0 Å². The van der Waals surface area contributed by atoms with Crippen LogP contribution in [0.4, 0.5) is 0 Å². The quantitative estimate of drug-likeness (QED) is 0.772. The van der Waals surface area contributed by atoms with Gasteiger partial charge in [0.25, 0.3) is 0 Å². The topological polar surface area (TPSA) is 47.6 Å². The molecule has 1 rings (SSSR count). The van der Waals surface area contributed by atoms with Gasteiger partial charge in [0.15, 0.2) is 0 Å². The molecule has 20 heavy (non-hydrogen) atoms. The molecule has 0 saturated heterocycles. The lowest BCUT2D eigenvalue weighted by Crippen LogP contribution is -2.38. The van der Waals surface area contributed by atoms with E-state index in [0.29, 0.717) is 12.5 Å². The first-order chi connectivity index (χ1) is 9.47. The van der Waals surface area contributed by atoms with Crippen LogP contribution < -0.4 is 10.1 Å². The molecule has 1 unspecified atom stereocenters. The Labute approximate surface area is 129 Å². The van der Waals surface area contributed by atoms with Crippen LogP contribution in [0, 0.1) is 5.92 Å². The van der Waals surface area contributed by atoms with Crippen LogP contribution in [-0.2, 0) is 16.1 Å². The molecule has 0 heterocycles. The van der Waals surface area contributed by atoms with Gasteiger partial charge in [0.05, 0.1) is 14.2 Å². The van der Waals surface area contributed by atoms with Gasteiger partial charge in [-0.05, 0) is 36.1 Å². The van der Waals surface area contributed by atoms with Crippen molar-refractivity contribution in [1.29, 1.82) is 0 Å². The lowest BCUT2D eigenvalue weighted by Gasteiger charge is -2.19. The molecule has 0 aliphatic heterocycles. The third-order valence-electron chi connectivity index (χ3n) is 2.98. The first-order valence-electron chi connectivity index (χ1n) is 6.61. The van der Waals surface area contributed by atoms with Crippen molar-refractivity contribution in [1.82, 2.24) is 5.32 Å². The number of halogens is 1. The number of carbonyl (C=O) groups excluding carboxylic acids is 1. The predicted octanol–water partition coefficient (Wildman–Crippen LogP) is 3.14. The Morgan fingerprint density at radius 2 is 2.05 bits per heavy atom. The minimum Gasteiger partial charge on any atom is -0.497 e. The van der Waals surface area contributed by atoms with E-state index in [2.05, 4.69) is 35.1 Å². The van der Waals surface area contributed by atoms with Gasteiger partial charge in [-0.15, -0.1) is 0 Å². The fraction of sp³-hybridized carbons (Fsp3) is 0.533. The van der Waals surface area contributed by atoms with Crippen molar-refractivity contribution in [2.75, 3.05) is 14.2 Å². The normalized spacial score (nSPS) is 12.3. The van der Waals surface area contributed by atoms with Crippen LogP contribution >= 0.6 is 15.9 Å². The Balaban J connectivity index is 2.73. The Bertz CT molecular complexity index is 449. The molecular weight excluding hydrogens is 322 g/mol. The summed E-state index contributed by atoms with van der Waals surface area (Å²) in [5.74, 6) is 0.988. The molecule has 5 heteroatoms. The lowest BCUT2D eigenvalue weighted by molar-refractivity contribution is -0.143. The molecule has 0 amide bonds. The summed E-state index contributed by atoms with van der Waals surface area (Å²) in [6.07, 6.45) is 0.744. The molecule has 1 atom stereocenters. The van der Waals surface area contributed by atoms with Crippen LogP contribution in [0.25, 0.3) is 0 Å². The van der Waals surface area contributed by atoms with Crippen molar-refractivity contribution in [3.63, 3.8) is 0 Å². The molecule has 1 aromatic rings. The van der Waals surface area contributed by atoms with Gasteiger partial charge in [0, 0.05) is 11.0 Å². The van der Waals surface area contributed by atoms with Gasteiger partial charge in [0.1, 0.15) is 11.8 Å². The molecule has 112 valence electrons. The molecule has 4 nitrogen and oxygen atoms in total. The Kier molecular flexibility index (Phi) is 7.02. The summed E-state index contributed by atoms with van der Waals surface area (Å²) in [5.41, 5.74) is 1.04. The Morgan fingerprint density at radius 3 is 2.60 bits per heavy atom. The van der Waals surface area contributed by atoms with Gasteiger partial charge in [-0.1, -0.05) is 29.8 Å². The second-order valence-electron chi connectivity index (χ2n) is 5.04. The highest BCUT2D eigenvalue weighted by Crippen LogP contribution is 2.22. The van der Waals surface area contributed by atoms with Crippen molar-refractivity contribution in [2.24, 2.45) is 5.92 Å². The molecule has 0 aromatic heterocycles. The fourth-order valence-electron chi connectivity index (χ4n) is 1.92. The van der Waals surface area contributed by atoms with Crippen molar-refractivity contribution in [3.05, 3.63) is 28.2 Å². The largest absolute Gasteiger partial charge is 0.497 e. The molecule has 1 aromatic carbocycles. The summed E-state index contributed by atoms with van der Waals surface area (Å²) in [5, 5.41) is 3.25. The van der Waals surface area contributed by atoms with E-state index < -0.39 is 0 Å². The summed E-state index contributed by atoms with van der Waals surface area (Å²) in [6, 6.07) is 5.48. The summed E-state index contributed by atoms with van der Waals surface area (Å²) >= 11 is 3.50. The number of methoxy groups -OCH3 is 2. The maximum Gasteiger partial charge on any atom is 0.322 e. The molecule has 0 aliphatic rings. The summed E-state index contributed by atoms with van der Waals surface area (Å²) in [4.78, 5) is 11.8. The van der Waals surface area contributed by atoms with Crippen molar-refractivity contribution in [2.45, 2.75) is 32.9 Å². The summed E-state index contributed by atoms with van der Waals surface area (Å²) in [6.45, 7) is 4.74. The average molecular weight is 344 g/mol. The van der Waals surface area contributed by atoms with E-state index in [1.165, 1.54) is 7.11 Å². The van der Waals surface area contributed by atoms with Gasteiger partial charge >= 0.3 is 5.97 Å².